The second kappa shape index (κ2) is 11.4. The third kappa shape index (κ3) is 7.07. The number of amides is 2. The fraction of sp³-hybridized carbons (Fsp3) is 0.433. The van der Waals surface area contributed by atoms with Crippen LogP contribution in [0.4, 0.5) is 10.6 Å². The van der Waals surface area contributed by atoms with Crippen LogP contribution >= 0.6 is 0 Å². The molecule has 2 aromatic carbocycles. The molecule has 2 amide bonds. The van der Waals surface area contributed by atoms with Crippen LogP contribution in [0.2, 0.25) is 0 Å². The van der Waals surface area contributed by atoms with Gasteiger partial charge in [-0.05, 0) is 56.4 Å². The molecule has 0 spiro atoms. The SMILES string of the molecule is CC(C)(C)OC(=O)Nc1cc(-c2cccc(-c3ccc(COCN4CCN(C(=O)C5(O)CC5)CC4)cc3)c2)[nH]n1. The number of aromatic nitrogens is 2. The van der Waals surface area contributed by atoms with Crippen LogP contribution < -0.4 is 5.32 Å². The molecule has 5 rings (SSSR count). The Morgan fingerprint density at radius 1 is 1.00 bits per heavy atom. The number of nitrogens with one attached hydrogen (secondary N) is 2. The lowest BCUT2D eigenvalue weighted by Gasteiger charge is -2.35. The molecule has 1 aromatic heterocycles. The van der Waals surface area contributed by atoms with Gasteiger partial charge in [0.1, 0.15) is 11.2 Å². The Kier molecular flexibility index (Phi) is 7.93. The molecule has 1 aliphatic carbocycles. The first kappa shape index (κ1) is 27.8. The van der Waals surface area contributed by atoms with Gasteiger partial charge in [0.2, 0.25) is 0 Å². The van der Waals surface area contributed by atoms with Crippen LogP contribution in [0.15, 0.2) is 54.6 Å². The fourth-order valence-corrected chi connectivity index (χ4v) is 4.60. The average molecular weight is 548 g/mol. The van der Waals surface area contributed by atoms with Gasteiger partial charge in [0.25, 0.3) is 5.91 Å². The van der Waals surface area contributed by atoms with Gasteiger partial charge in [-0.15, -0.1) is 0 Å². The maximum atomic E-state index is 12.3. The minimum atomic E-state index is -1.09. The van der Waals surface area contributed by atoms with E-state index in [-0.39, 0.29) is 5.91 Å². The molecule has 3 aromatic rings. The summed E-state index contributed by atoms with van der Waals surface area (Å²) >= 11 is 0. The molecule has 3 N–H and O–H groups in total. The number of aromatic amines is 1. The van der Waals surface area contributed by atoms with Crippen LogP contribution in [0.25, 0.3) is 22.4 Å². The first-order valence-electron chi connectivity index (χ1n) is 13.7. The Morgan fingerprint density at radius 3 is 2.38 bits per heavy atom. The van der Waals surface area contributed by atoms with Gasteiger partial charge in [-0.3, -0.25) is 20.1 Å². The highest BCUT2D eigenvalue weighted by atomic mass is 16.6. The summed E-state index contributed by atoms with van der Waals surface area (Å²) in [5.41, 5.74) is 3.28. The fourth-order valence-electron chi connectivity index (χ4n) is 4.60. The number of aliphatic hydroxyl groups is 1. The zero-order valence-corrected chi connectivity index (χ0v) is 23.3. The quantitative estimate of drug-likeness (QED) is 0.386. The molecule has 212 valence electrons. The smallest absolute Gasteiger partial charge is 0.413 e. The lowest BCUT2D eigenvalue weighted by molar-refractivity contribution is -0.145. The lowest BCUT2D eigenvalue weighted by atomic mass is 10.0. The molecule has 0 radical (unpaired) electrons. The number of nitrogens with zero attached hydrogens (tertiary/aromatic N) is 3. The van der Waals surface area contributed by atoms with Gasteiger partial charge in [-0.1, -0.05) is 42.5 Å². The molecule has 10 nitrogen and oxygen atoms in total. The van der Waals surface area contributed by atoms with Crippen molar-refractivity contribution in [1.29, 1.82) is 0 Å². The van der Waals surface area contributed by atoms with Crippen molar-refractivity contribution in [3.63, 3.8) is 0 Å². The van der Waals surface area contributed by atoms with Crippen molar-refractivity contribution in [2.45, 2.75) is 51.4 Å². The van der Waals surface area contributed by atoms with E-state index in [1.54, 1.807) is 11.0 Å². The monoisotopic (exact) mass is 547 g/mol. The minimum absolute atomic E-state index is 0.122. The number of rotatable bonds is 8. The van der Waals surface area contributed by atoms with Crippen LogP contribution in [-0.2, 0) is 20.9 Å². The summed E-state index contributed by atoms with van der Waals surface area (Å²) in [6, 6.07) is 18.2. The maximum Gasteiger partial charge on any atom is 0.413 e. The molecular formula is C30H37N5O5. The number of ether oxygens (including phenoxy) is 2. The molecule has 0 bridgehead atoms. The Morgan fingerprint density at radius 2 is 1.70 bits per heavy atom. The zero-order valence-electron chi connectivity index (χ0n) is 23.3. The molecular weight excluding hydrogens is 510 g/mol. The highest BCUT2D eigenvalue weighted by Gasteiger charge is 2.50. The van der Waals surface area contributed by atoms with Crippen molar-refractivity contribution in [1.82, 2.24) is 20.0 Å². The Labute approximate surface area is 234 Å². The summed E-state index contributed by atoms with van der Waals surface area (Å²) in [5.74, 6) is 0.273. The lowest BCUT2D eigenvalue weighted by Crippen LogP contribution is -2.52. The average Bonchev–Trinajstić information content (AvgIpc) is 3.51. The number of anilines is 1. The zero-order chi connectivity index (χ0) is 28.3. The summed E-state index contributed by atoms with van der Waals surface area (Å²) in [6.07, 6.45) is 0.617. The summed E-state index contributed by atoms with van der Waals surface area (Å²) in [4.78, 5) is 28.3. The van der Waals surface area contributed by atoms with E-state index >= 15 is 0 Å². The van der Waals surface area contributed by atoms with Crippen molar-refractivity contribution in [3.8, 4) is 22.4 Å². The molecule has 2 heterocycles. The van der Waals surface area contributed by atoms with Gasteiger partial charge in [0, 0.05) is 37.8 Å². The summed E-state index contributed by atoms with van der Waals surface area (Å²) in [5, 5.41) is 19.9. The number of carbonyl (C=O) groups is 2. The largest absolute Gasteiger partial charge is 0.444 e. The number of H-pyrrole nitrogens is 1. The molecule has 1 saturated carbocycles. The van der Waals surface area contributed by atoms with Gasteiger partial charge in [-0.2, -0.15) is 5.10 Å². The summed E-state index contributed by atoms with van der Waals surface area (Å²) in [7, 11) is 0. The highest BCUT2D eigenvalue weighted by Crippen LogP contribution is 2.37. The Balaban J connectivity index is 1.10. The highest BCUT2D eigenvalue weighted by molar-refractivity contribution is 5.88. The Hall–Kier alpha value is -3.73. The first-order valence-corrected chi connectivity index (χ1v) is 13.7. The van der Waals surface area contributed by atoms with E-state index in [2.05, 4.69) is 56.8 Å². The third-order valence-electron chi connectivity index (χ3n) is 6.99. The van der Waals surface area contributed by atoms with E-state index in [4.69, 9.17) is 9.47 Å². The van der Waals surface area contributed by atoms with Crippen molar-refractivity contribution in [2.24, 2.45) is 0 Å². The summed E-state index contributed by atoms with van der Waals surface area (Å²) in [6.45, 7) is 9.17. The van der Waals surface area contributed by atoms with E-state index < -0.39 is 17.3 Å². The predicted molar refractivity (Wildman–Crippen MR) is 151 cm³/mol. The van der Waals surface area contributed by atoms with Gasteiger partial charge < -0.3 is 19.5 Å². The molecule has 0 atom stereocenters. The second-order valence-corrected chi connectivity index (χ2v) is 11.5. The maximum absolute atomic E-state index is 12.3. The normalized spacial score (nSPS) is 16.9. The standard InChI is InChI=1S/C30H37N5O5/c1-29(2,3)40-28(37)31-26-18-25(32-33-26)24-6-4-5-23(17-24)22-9-7-21(8-10-22)19-39-20-34-13-15-35(16-14-34)27(36)30(38)11-12-30/h4-10,17-18,38H,11-16,19-20H2,1-3H3,(H2,31,32,33,37). The van der Waals surface area contributed by atoms with Crippen molar-refractivity contribution in [3.05, 3.63) is 60.2 Å². The van der Waals surface area contributed by atoms with Crippen LogP contribution in [-0.4, -0.2) is 81.2 Å². The van der Waals surface area contributed by atoms with E-state index in [9.17, 15) is 14.7 Å². The van der Waals surface area contributed by atoms with E-state index in [1.165, 1.54) is 0 Å². The van der Waals surface area contributed by atoms with E-state index in [0.717, 1.165) is 41.0 Å². The van der Waals surface area contributed by atoms with Crippen LogP contribution in [0.1, 0.15) is 39.2 Å². The molecule has 40 heavy (non-hydrogen) atoms. The molecule has 0 unspecified atom stereocenters. The predicted octanol–water partition coefficient (Wildman–Crippen LogP) is 4.23. The minimum Gasteiger partial charge on any atom is -0.444 e. The number of piperazine rings is 1. The van der Waals surface area contributed by atoms with Gasteiger partial charge >= 0.3 is 6.09 Å². The Bertz CT molecular complexity index is 1340. The van der Waals surface area contributed by atoms with E-state index in [1.807, 2.05) is 32.9 Å². The number of hydrogen-bond acceptors (Lipinski definition) is 7. The summed E-state index contributed by atoms with van der Waals surface area (Å²) < 4.78 is 11.2. The number of benzene rings is 2. The van der Waals surface area contributed by atoms with Crippen LogP contribution in [0.5, 0.6) is 0 Å². The first-order chi connectivity index (χ1) is 19.1. The van der Waals surface area contributed by atoms with Crippen molar-refractivity contribution in [2.75, 3.05) is 38.2 Å². The van der Waals surface area contributed by atoms with Crippen molar-refractivity contribution >= 4 is 17.8 Å². The third-order valence-corrected chi connectivity index (χ3v) is 6.99. The molecule has 1 saturated heterocycles. The second-order valence-electron chi connectivity index (χ2n) is 11.5. The number of hydrogen-bond donors (Lipinski definition) is 3. The van der Waals surface area contributed by atoms with Crippen LogP contribution in [0.3, 0.4) is 0 Å². The molecule has 10 heteroatoms. The van der Waals surface area contributed by atoms with E-state index in [0.29, 0.717) is 45.1 Å². The van der Waals surface area contributed by atoms with Crippen LogP contribution in [0, 0.1) is 0 Å². The van der Waals surface area contributed by atoms with Gasteiger partial charge in [0.05, 0.1) is 19.0 Å². The van der Waals surface area contributed by atoms with Gasteiger partial charge in [-0.25, -0.2) is 4.79 Å². The number of carbonyl (C=O) groups excluding carboxylic acids is 2. The topological polar surface area (TPSA) is 120 Å². The molecule has 1 aliphatic heterocycles. The van der Waals surface area contributed by atoms with Gasteiger partial charge in [0.15, 0.2) is 5.82 Å². The van der Waals surface area contributed by atoms with Crippen molar-refractivity contribution < 1.29 is 24.2 Å². The molecule has 2 fully saturated rings. The molecule has 2 aliphatic rings.